The van der Waals surface area contributed by atoms with E-state index in [0.29, 0.717) is 0 Å². The van der Waals surface area contributed by atoms with Gasteiger partial charge in [0.2, 0.25) is 0 Å². The van der Waals surface area contributed by atoms with Crippen LogP contribution in [-0.2, 0) is 21.7 Å². The fourth-order valence-corrected chi connectivity index (χ4v) is 11.9. The highest BCUT2D eigenvalue weighted by Gasteiger charge is 2.49. The molecule has 11 rings (SSSR count). The van der Waals surface area contributed by atoms with Crippen molar-refractivity contribution in [1.29, 1.82) is 0 Å². The molecule has 2 nitrogen and oxygen atoms in total. The third kappa shape index (κ3) is 6.20. The van der Waals surface area contributed by atoms with Crippen LogP contribution < -0.4 is 20.6 Å². The predicted molar refractivity (Wildman–Crippen MR) is 271 cm³/mol. The number of fused-ring (bicyclic) bond motifs is 6. The predicted octanol–water partition coefficient (Wildman–Crippen LogP) is 15.0. The lowest BCUT2D eigenvalue weighted by Gasteiger charge is -2.50. The highest BCUT2D eigenvalue weighted by Crippen LogP contribution is 2.55. The van der Waals surface area contributed by atoms with Gasteiger partial charge in [0.1, 0.15) is 0 Å². The van der Waals surface area contributed by atoms with Crippen LogP contribution in [0.25, 0.3) is 33.4 Å². The van der Waals surface area contributed by atoms with Crippen molar-refractivity contribution < 1.29 is 0 Å². The van der Waals surface area contributed by atoms with Crippen molar-refractivity contribution in [1.82, 2.24) is 0 Å². The molecule has 63 heavy (non-hydrogen) atoms. The second-order valence-electron chi connectivity index (χ2n) is 22.0. The zero-order chi connectivity index (χ0) is 43.8. The zero-order valence-corrected chi connectivity index (χ0v) is 39.1. The minimum atomic E-state index is -0.0373. The van der Waals surface area contributed by atoms with Crippen LogP contribution in [0.1, 0.15) is 114 Å². The molecule has 0 bridgehead atoms. The molecule has 2 aliphatic heterocycles. The fourth-order valence-electron chi connectivity index (χ4n) is 11.9. The van der Waals surface area contributed by atoms with Crippen molar-refractivity contribution in [3.63, 3.8) is 0 Å². The van der Waals surface area contributed by atoms with Gasteiger partial charge in [-0.1, -0.05) is 146 Å². The van der Waals surface area contributed by atoms with Crippen LogP contribution >= 0.6 is 0 Å². The summed E-state index contributed by atoms with van der Waals surface area (Å²) in [6, 6.07) is 53.8. The summed E-state index contributed by atoms with van der Waals surface area (Å²) in [6.07, 6.45) is 4.70. The van der Waals surface area contributed by atoms with E-state index in [1.165, 1.54) is 132 Å². The monoisotopic (exact) mass is 820 g/mol. The maximum atomic E-state index is 2.75. The molecule has 0 unspecified atom stereocenters. The van der Waals surface area contributed by atoms with E-state index in [9.17, 15) is 0 Å². The number of anilines is 5. The zero-order valence-electron chi connectivity index (χ0n) is 39.1. The van der Waals surface area contributed by atoms with Crippen molar-refractivity contribution in [2.45, 2.75) is 117 Å². The van der Waals surface area contributed by atoms with Gasteiger partial charge in [-0.3, -0.25) is 0 Å². The second kappa shape index (κ2) is 13.9. The molecule has 0 saturated heterocycles. The molecular weight excluding hydrogens is 759 g/mol. The topological polar surface area (TPSA) is 6.48 Å². The molecule has 2 heterocycles. The summed E-state index contributed by atoms with van der Waals surface area (Å²) < 4.78 is 0. The lowest BCUT2D eigenvalue weighted by atomic mass is 9.42. The molecule has 7 aromatic carbocycles. The van der Waals surface area contributed by atoms with Crippen LogP contribution in [0.4, 0.5) is 28.4 Å². The van der Waals surface area contributed by atoms with Gasteiger partial charge in [-0.15, -0.1) is 0 Å². The second-order valence-corrected chi connectivity index (χ2v) is 22.0. The largest absolute Gasteiger partial charge is 0.376 e. The first-order valence-corrected chi connectivity index (χ1v) is 23.5. The van der Waals surface area contributed by atoms with Gasteiger partial charge in [-0.25, -0.2) is 0 Å². The van der Waals surface area contributed by atoms with Gasteiger partial charge >= 0.3 is 6.85 Å². The Morgan fingerprint density at radius 1 is 0.413 bits per heavy atom. The molecule has 0 amide bonds. The summed E-state index contributed by atoms with van der Waals surface area (Å²) in [5.41, 5.74) is 25.7. The van der Waals surface area contributed by atoms with Gasteiger partial charge in [-0.2, -0.15) is 0 Å². The van der Waals surface area contributed by atoms with E-state index in [1.54, 1.807) is 0 Å². The van der Waals surface area contributed by atoms with Crippen molar-refractivity contribution in [2.24, 2.45) is 0 Å². The molecule has 0 spiro atoms. The van der Waals surface area contributed by atoms with Crippen LogP contribution in [0.5, 0.6) is 0 Å². The number of rotatable bonds is 4. The Morgan fingerprint density at radius 3 is 1.48 bits per heavy atom. The van der Waals surface area contributed by atoms with Crippen molar-refractivity contribution >= 4 is 46.2 Å². The van der Waals surface area contributed by atoms with Crippen LogP contribution in [-0.4, -0.2) is 6.85 Å². The van der Waals surface area contributed by atoms with Crippen LogP contribution in [0, 0.1) is 13.8 Å². The van der Waals surface area contributed by atoms with E-state index in [4.69, 9.17) is 0 Å². The summed E-state index contributed by atoms with van der Waals surface area (Å²) in [7, 11) is 0. The van der Waals surface area contributed by atoms with E-state index >= 15 is 0 Å². The Kier molecular flexibility index (Phi) is 8.80. The molecule has 3 heteroatoms. The van der Waals surface area contributed by atoms with Crippen LogP contribution in [0.15, 0.2) is 140 Å². The maximum Gasteiger partial charge on any atom is 0.333 e. The van der Waals surface area contributed by atoms with Gasteiger partial charge in [0.05, 0.1) is 0 Å². The molecule has 0 radical (unpaired) electrons. The molecule has 2 aliphatic carbocycles. The minimum Gasteiger partial charge on any atom is -0.376 e. The first-order valence-electron chi connectivity index (χ1n) is 23.5. The molecule has 0 N–H and O–H groups in total. The average Bonchev–Trinajstić information content (AvgIpc) is 3.27. The molecule has 0 aromatic heterocycles. The van der Waals surface area contributed by atoms with E-state index in [2.05, 4.69) is 218 Å². The van der Waals surface area contributed by atoms with Gasteiger partial charge < -0.3 is 9.71 Å². The Morgan fingerprint density at radius 2 is 0.905 bits per heavy atom. The van der Waals surface area contributed by atoms with Gasteiger partial charge in [-0.05, 0) is 182 Å². The van der Waals surface area contributed by atoms with Gasteiger partial charge in [0.25, 0.3) is 0 Å². The number of hydrogen-bond donors (Lipinski definition) is 0. The number of nitrogens with zero attached hydrogens (tertiary/aromatic N) is 2. The smallest absolute Gasteiger partial charge is 0.333 e. The highest BCUT2D eigenvalue weighted by molar-refractivity contribution is 6.93. The number of benzene rings is 7. The Bertz CT molecular complexity index is 2970. The normalized spacial score (nSPS) is 18.2. The van der Waals surface area contributed by atoms with Crippen molar-refractivity contribution in [3.8, 4) is 33.4 Å². The fraction of sp³-hybridized carbons (Fsp3) is 0.300. The quantitative estimate of drug-likeness (QED) is 0.163. The molecule has 0 atom stereocenters. The van der Waals surface area contributed by atoms with E-state index in [0.717, 1.165) is 0 Å². The highest BCUT2D eigenvalue weighted by atomic mass is 15.2. The molecule has 7 aromatic rings. The SMILES string of the molecule is Cc1cc2c3c(c1)N(c1ccc(-c4ccccc4)cc1C)c1cc4c(cc1B3N(c1ccc(-c3ccccc3)cc1)c1cc3c(cc1-2)C(C)(C)CCC3(C)C)C(C)(C)CCC4(C)C. The van der Waals surface area contributed by atoms with Gasteiger partial charge in [0.15, 0.2) is 0 Å². The molecule has 4 aliphatic rings. The molecule has 314 valence electrons. The first-order chi connectivity index (χ1) is 30.0. The van der Waals surface area contributed by atoms with E-state index in [-0.39, 0.29) is 28.5 Å². The molecule has 0 saturated carbocycles. The Balaban J connectivity index is 1.24. The van der Waals surface area contributed by atoms with Crippen LogP contribution in [0.2, 0.25) is 0 Å². The lowest BCUT2D eigenvalue weighted by Crippen LogP contribution is -2.62. The van der Waals surface area contributed by atoms with Gasteiger partial charge in [0, 0.05) is 34.0 Å². The first kappa shape index (κ1) is 40.0. The maximum absolute atomic E-state index is 2.75. The Labute approximate surface area is 377 Å². The molecular formula is C60H61BN2. The standard InChI is InChI=1S/C60H61BN2/c1-38-31-46-45-34-47-49(59(7,8)29-27-57(47,3)4)36-53(45)63(44-24-21-42(22-25-44)40-17-13-11-14-18-40)61-51-35-48-50(60(9,10)30-28-58(48,5)6)37-54(51)62(55(32-38)56(46)61)52-26-23-43(33-39(52)2)41-19-15-12-16-20-41/h11-26,31-37H,27-30H2,1-10H3. The van der Waals surface area contributed by atoms with E-state index < -0.39 is 0 Å². The van der Waals surface area contributed by atoms with E-state index in [1.807, 2.05) is 0 Å². The third-order valence-corrected chi connectivity index (χ3v) is 15.9. The van der Waals surface area contributed by atoms with Crippen LogP contribution in [0.3, 0.4) is 0 Å². The summed E-state index contributed by atoms with van der Waals surface area (Å²) in [5, 5.41) is 0. The Hall–Kier alpha value is -5.80. The third-order valence-electron chi connectivity index (χ3n) is 15.9. The summed E-state index contributed by atoms with van der Waals surface area (Å²) in [6.45, 7) is 24.4. The number of aryl methyl sites for hydroxylation is 2. The van der Waals surface area contributed by atoms with Crippen molar-refractivity contribution in [3.05, 3.63) is 173 Å². The summed E-state index contributed by atoms with van der Waals surface area (Å²) in [4.78, 5) is 5.41. The lowest BCUT2D eigenvalue weighted by molar-refractivity contribution is 0.332. The summed E-state index contributed by atoms with van der Waals surface area (Å²) in [5.74, 6) is 0. The minimum absolute atomic E-state index is 0.0373. The number of hydrogen-bond acceptors (Lipinski definition) is 2. The molecule has 0 fully saturated rings. The van der Waals surface area contributed by atoms with Crippen molar-refractivity contribution in [2.75, 3.05) is 9.71 Å². The summed E-state index contributed by atoms with van der Waals surface area (Å²) >= 11 is 0. The average molecular weight is 821 g/mol.